The SMILES string of the molecule is CC(C)C(=O)c1c(O)c(C(=O)C(C)C)c2c(c1O)C1CCCC3(O2)OC(C)(C)CC13. The largest absolute Gasteiger partial charge is 0.507 e. The highest BCUT2D eigenvalue weighted by atomic mass is 16.7. The van der Waals surface area contributed by atoms with Crippen LogP contribution in [0.15, 0.2) is 0 Å². The van der Waals surface area contributed by atoms with Gasteiger partial charge in [-0.3, -0.25) is 9.59 Å². The van der Waals surface area contributed by atoms with Gasteiger partial charge < -0.3 is 19.7 Å². The number of carbonyl (C=O) groups excluding carboxylic acids is 2. The topological polar surface area (TPSA) is 93.1 Å². The van der Waals surface area contributed by atoms with Crippen molar-refractivity contribution >= 4 is 11.6 Å². The average Bonchev–Trinajstić information content (AvgIpc) is 2.91. The third-order valence-corrected chi connectivity index (χ3v) is 6.88. The summed E-state index contributed by atoms with van der Waals surface area (Å²) in [4.78, 5) is 26.1. The van der Waals surface area contributed by atoms with E-state index in [1.165, 1.54) is 0 Å². The Balaban J connectivity index is 2.03. The molecule has 0 aromatic heterocycles. The number of rotatable bonds is 4. The highest BCUT2D eigenvalue weighted by Crippen LogP contribution is 2.64. The van der Waals surface area contributed by atoms with Gasteiger partial charge in [-0.1, -0.05) is 27.7 Å². The van der Waals surface area contributed by atoms with Crippen LogP contribution in [-0.4, -0.2) is 33.2 Å². The standard InChI is InChI=1S/C24H32O6/c1-11(2)18(25)16-20(27)15-13-8-7-9-24(14(13)10-23(5,6)30-24)29-22(15)17(21(16)28)19(26)12(3)4/h11-14,27-28H,7-10H2,1-6H3. The smallest absolute Gasteiger partial charge is 0.214 e. The summed E-state index contributed by atoms with van der Waals surface area (Å²) in [7, 11) is 0. The van der Waals surface area contributed by atoms with Crippen molar-refractivity contribution in [1.82, 2.24) is 0 Å². The molecule has 164 valence electrons. The summed E-state index contributed by atoms with van der Waals surface area (Å²) < 4.78 is 12.8. The van der Waals surface area contributed by atoms with Crippen LogP contribution in [0.25, 0.3) is 0 Å². The molecular weight excluding hydrogens is 384 g/mol. The van der Waals surface area contributed by atoms with Gasteiger partial charge in [0, 0.05) is 35.7 Å². The summed E-state index contributed by atoms with van der Waals surface area (Å²) >= 11 is 0. The molecule has 2 heterocycles. The first-order valence-electron chi connectivity index (χ1n) is 11.0. The molecule has 0 amide bonds. The van der Waals surface area contributed by atoms with E-state index in [1.54, 1.807) is 27.7 Å². The van der Waals surface area contributed by atoms with E-state index in [2.05, 4.69) is 0 Å². The fourth-order valence-corrected chi connectivity index (χ4v) is 5.60. The second kappa shape index (κ2) is 6.71. The Labute approximate surface area is 177 Å². The second-order valence-electron chi connectivity index (χ2n) is 10.3. The molecule has 3 aliphatic rings. The van der Waals surface area contributed by atoms with E-state index in [9.17, 15) is 19.8 Å². The van der Waals surface area contributed by atoms with Crippen molar-refractivity contribution in [3.63, 3.8) is 0 Å². The molecular formula is C24H32O6. The Morgan fingerprint density at radius 3 is 2.20 bits per heavy atom. The van der Waals surface area contributed by atoms with E-state index in [0.29, 0.717) is 12.0 Å². The Morgan fingerprint density at radius 2 is 1.60 bits per heavy atom. The number of carbonyl (C=O) groups is 2. The molecule has 3 unspecified atom stereocenters. The summed E-state index contributed by atoms with van der Waals surface area (Å²) in [6, 6.07) is 0. The van der Waals surface area contributed by atoms with E-state index in [0.717, 1.165) is 19.3 Å². The average molecular weight is 417 g/mol. The van der Waals surface area contributed by atoms with Gasteiger partial charge in [0.25, 0.3) is 0 Å². The highest BCUT2D eigenvalue weighted by molar-refractivity contribution is 6.10. The Kier molecular flexibility index (Phi) is 4.73. The van der Waals surface area contributed by atoms with Crippen LogP contribution >= 0.6 is 0 Å². The van der Waals surface area contributed by atoms with E-state index < -0.39 is 29.0 Å². The van der Waals surface area contributed by atoms with Gasteiger partial charge in [-0.05, 0) is 33.1 Å². The summed E-state index contributed by atoms with van der Waals surface area (Å²) in [6.45, 7) is 10.9. The van der Waals surface area contributed by atoms with Gasteiger partial charge in [-0.25, -0.2) is 0 Å². The van der Waals surface area contributed by atoms with Gasteiger partial charge in [-0.15, -0.1) is 0 Å². The highest BCUT2D eigenvalue weighted by Gasteiger charge is 2.62. The maximum Gasteiger partial charge on any atom is 0.214 e. The zero-order valence-corrected chi connectivity index (χ0v) is 18.7. The minimum absolute atomic E-state index is 0.000156. The van der Waals surface area contributed by atoms with Crippen LogP contribution in [0.3, 0.4) is 0 Å². The van der Waals surface area contributed by atoms with Crippen LogP contribution in [0, 0.1) is 17.8 Å². The molecule has 1 saturated heterocycles. The molecule has 1 saturated carbocycles. The lowest BCUT2D eigenvalue weighted by molar-refractivity contribution is -0.234. The van der Waals surface area contributed by atoms with E-state index in [-0.39, 0.29) is 46.0 Å². The molecule has 30 heavy (non-hydrogen) atoms. The summed E-state index contributed by atoms with van der Waals surface area (Å²) in [5.41, 5.74) is -0.0685. The van der Waals surface area contributed by atoms with Gasteiger partial charge in [0.1, 0.15) is 28.4 Å². The summed E-state index contributed by atoms with van der Waals surface area (Å²) in [5.74, 6) is -3.02. The zero-order valence-electron chi connectivity index (χ0n) is 18.7. The van der Waals surface area contributed by atoms with Crippen LogP contribution in [0.2, 0.25) is 0 Å². The lowest BCUT2D eigenvalue weighted by atomic mass is 9.67. The molecule has 2 N–H and O–H groups in total. The molecule has 2 fully saturated rings. The quantitative estimate of drug-likeness (QED) is 0.675. The van der Waals surface area contributed by atoms with Crippen molar-refractivity contribution in [2.24, 2.45) is 17.8 Å². The summed E-state index contributed by atoms with van der Waals surface area (Å²) in [5, 5.41) is 22.3. The number of hydrogen-bond donors (Lipinski definition) is 2. The van der Waals surface area contributed by atoms with Crippen LogP contribution in [0.4, 0.5) is 0 Å². The molecule has 1 aromatic rings. The van der Waals surface area contributed by atoms with Gasteiger partial charge in [0.2, 0.25) is 5.79 Å². The van der Waals surface area contributed by atoms with Crippen molar-refractivity contribution < 1.29 is 29.3 Å². The van der Waals surface area contributed by atoms with E-state index in [1.807, 2.05) is 13.8 Å². The van der Waals surface area contributed by atoms with Crippen molar-refractivity contribution in [2.75, 3.05) is 0 Å². The number of aromatic hydroxyl groups is 2. The van der Waals surface area contributed by atoms with Gasteiger partial charge in [0.15, 0.2) is 11.6 Å². The first kappa shape index (κ1) is 21.2. The molecule has 1 aliphatic carbocycles. The van der Waals surface area contributed by atoms with Gasteiger partial charge in [-0.2, -0.15) is 0 Å². The number of ether oxygens (including phenoxy) is 2. The predicted molar refractivity (Wildman–Crippen MR) is 111 cm³/mol. The molecule has 0 radical (unpaired) electrons. The van der Waals surface area contributed by atoms with Gasteiger partial charge in [0.05, 0.1) is 5.60 Å². The third-order valence-electron chi connectivity index (χ3n) is 6.88. The molecule has 0 spiro atoms. The van der Waals surface area contributed by atoms with E-state index in [4.69, 9.17) is 9.47 Å². The monoisotopic (exact) mass is 416 g/mol. The van der Waals surface area contributed by atoms with Crippen molar-refractivity contribution in [1.29, 1.82) is 0 Å². The number of ketones is 2. The number of hydrogen-bond acceptors (Lipinski definition) is 6. The number of benzene rings is 1. The zero-order chi connectivity index (χ0) is 22.2. The molecule has 2 aliphatic heterocycles. The molecule has 2 bridgehead atoms. The molecule has 3 atom stereocenters. The third kappa shape index (κ3) is 2.87. The Hall–Kier alpha value is -2.08. The predicted octanol–water partition coefficient (Wildman–Crippen LogP) is 4.95. The fraction of sp³-hybridized carbons (Fsp3) is 0.667. The number of phenols is 2. The maximum atomic E-state index is 13.2. The normalized spacial score (nSPS) is 28.8. The molecule has 1 aromatic carbocycles. The second-order valence-corrected chi connectivity index (χ2v) is 10.3. The first-order valence-corrected chi connectivity index (χ1v) is 11.0. The first-order chi connectivity index (χ1) is 13.9. The number of Topliss-reactive ketones (excluding diaryl/α,β-unsaturated/α-hetero) is 2. The van der Waals surface area contributed by atoms with E-state index >= 15 is 0 Å². The van der Waals surface area contributed by atoms with Crippen LogP contribution < -0.4 is 4.74 Å². The molecule has 4 rings (SSSR count). The fourth-order valence-electron chi connectivity index (χ4n) is 5.60. The van der Waals surface area contributed by atoms with Crippen molar-refractivity contribution in [3.05, 3.63) is 16.7 Å². The Morgan fingerprint density at radius 1 is 1.00 bits per heavy atom. The molecule has 6 nitrogen and oxygen atoms in total. The van der Waals surface area contributed by atoms with Crippen LogP contribution in [0.1, 0.15) is 99.4 Å². The lowest BCUT2D eigenvalue weighted by Crippen LogP contribution is -2.50. The van der Waals surface area contributed by atoms with Crippen LogP contribution in [-0.2, 0) is 4.74 Å². The Bertz CT molecular complexity index is 928. The minimum Gasteiger partial charge on any atom is -0.507 e. The number of phenolic OH excluding ortho intramolecular Hbond substituents is 2. The lowest BCUT2D eigenvalue weighted by Gasteiger charge is -2.48. The van der Waals surface area contributed by atoms with Crippen molar-refractivity contribution in [3.8, 4) is 17.2 Å². The van der Waals surface area contributed by atoms with Crippen LogP contribution in [0.5, 0.6) is 17.2 Å². The number of fused-ring (bicyclic) bond motifs is 2. The maximum absolute atomic E-state index is 13.2. The minimum atomic E-state index is -0.867. The summed E-state index contributed by atoms with van der Waals surface area (Å²) in [6.07, 6.45) is 3.13. The van der Waals surface area contributed by atoms with Crippen molar-refractivity contribution in [2.45, 2.75) is 84.5 Å². The molecule has 6 heteroatoms. The van der Waals surface area contributed by atoms with Gasteiger partial charge >= 0.3 is 0 Å².